The summed E-state index contributed by atoms with van der Waals surface area (Å²) >= 11 is 0.756. The summed E-state index contributed by atoms with van der Waals surface area (Å²) in [5.41, 5.74) is 0.263. The molecule has 2 aliphatic rings. The van der Waals surface area contributed by atoms with Gasteiger partial charge in [-0.15, -0.1) is 0 Å². The van der Waals surface area contributed by atoms with Crippen LogP contribution in [-0.4, -0.2) is 43.1 Å². The van der Waals surface area contributed by atoms with Crippen molar-refractivity contribution in [2.75, 3.05) is 38.1 Å². The van der Waals surface area contributed by atoms with Crippen molar-refractivity contribution in [3.05, 3.63) is 11.1 Å². The van der Waals surface area contributed by atoms with Gasteiger partial charge >= 0.3 is 6.18 Å². The second-order valence-electron chi connectivity index (χ2n) is 5.66. The Morgan fingerprint density at radius 3 is 2.58 bits per heavy atom. The zero-order chi connectivity index (χ0) is 13.7. The summed E-state index contributed by atoms with van der Waals surface area (Å²) < 4.78 is 37.7. The van der Waals surface area contributed by atoms with E-state index < -0.39 is 11.1 Å². The zero-order valence-corrected chi connectivity index (χ0v) is 11.5. The third-order valence-corrected chi connectivity index (χ3v) is 5.21. The number of likely N-dealkylation sites (tertiary alicyclic amines) is 1. The van der Waals surface area contributed by atoms with Crippen LogP contribution < -0.4 is 4.90 Å². The minimum absolute atomic E-state index is 0.263. The number of halogens is 3. The van der Waals surface area contributed by atoms with Crippen LogP contribution in [0.4, 0.5) is 18.3 Å². The van der Waals surface area contributed by atoms with Crippen LogP contribution in [0.25, 0.3) is 0 Å². The van der Waals surface area contributed by atoms with Crippen molar-refractivity contribution in [3.8, 4) is 0 Å². The zero-order valence-electron chi connectivity index (χ0n) is 10.7. The molecule has 0 aliphatic carbocycles. The van der Waals surface area contributed by atoms with E-state index in [1.54, 1.807) is 0 Å². The van der Waals surface area contributed by atoms with E-state index in [1.165, 1.54) is 0 Å². The topological polar surface area (TPSA) is 19.4 Å². The van der Waals surface area contributed by atoms with Gasteiger partial charge in [-0.2, -0.15) is 13.2 Å². The maximum Gasteiger partial charge on any atom is 0.427 e. The van der Waals surface area contributed by atoms with Crippen LogP contribution in [0.1, 0.15) is 17.7 Å². The molecule has 2 fully saturated rings. The lowest BCUT2D eigenvalue weighted by Gasteiger charge is -2.23. The Kier molecular flexibility index (Phi) is 3.01. The van der Waals surface area contributed by atoms with Gasteiger partial charge in [-0.05, 0) is 26.4 Å². The van der Waals surface area contributed by atoms with Crippen LogP contribution in [0.2, 0.25) is 0 Å². The Labute approximate surface area is 114 Å². The molecule has 0 N–H and O–H groups in total. The SMILES string of the molecule is CN1CCC2(CCN(c3ncc(C(F)(F)F)s3)C2)C1. The molecule has 0 aromatic carbocycles. The molecule has 1 aromatic rings. The number of aromatic nitrogens is 1. The second kappa shape index (κ2) is 4.34. The highest BCUT2D eigenvalue weighted by Crippen LogP contribution is 2.43. The smallest absolute Gasteiger partial charge is 0.347 e. The van der Waals surface area contributed by atoms with Crippen molar-refractivity contribution in [1.82, 2.24) is 9.88 Å². The van der Waals surface area contributed by atoms with Gasteiger partial charge in [0.25, 0.3) is 0 Å². The average Bonchev–Trinajstić information content (AvgIpc) is 2.99. The van der Waals surface area contributed by atoms with E-state index in [0.717, 1.165) is 56.6 Å². The van der Waals surface area contributed by atoms with Gasteiger partial charge in [-0.3, -0.25) is 0 Å². The summed E-state index contributed by atoms with van der Waals surface area (Å²) in [6, 6.07) is 0. The maximum absolute atomic E-state index is 12.6. The molecule has 0 radical (unpaired) electrons. The van der Waals surface area contributed by atoms with E-state index in [9.17, 15) is 13.2 Å². The van der Waals surface area contributed by atoms with Gasteiger partial charge < -0.3 is 9.80 Å². The summed E-state index contributed by atoms with van der Waals surface area (Å²) in [4.78, 5) is 7.66. The Hall–Kier alpha value is -0.820. The van der Waals surface area contributed by atoms with E-state index in [4.69, 9.17) is 0 Å². The quantitative estimate of drug-likeness (QED) is 0.793. The molecule has 1 atom stereocenters. The van der Waals surface area contributed by atoms with Gasteiger partial charge in [0, 0.05) is 25.0 Å². The van der Waals surface area contributed by atoms with Gasteiger partial charge in [0.15, 0.2) is 5.13 Å². The molecule has 0 bridgehead atoms. The number of hydrogen-bond donors (Lipinski definition) is 0. The van der Waals surface area contributed by atoms with Gasteiger partial charge in [-0.1, -0.05) is 11.3 Å². The average molecular weight is 291 g/mol. The van der Waals surface area contributed by atoms with Crippen molar-refractivity contribution < 1.29 is 13.2 Å². The van der Waals surface area contributed by atoms with Crippen molar-refractivity contribution in [2.45, 2.75) is 19.0 Å². The molecule has 2 aliphatic heterocycles. The fourth-order valence-corrected chi connectivity index (χ4v) is 3.94. The first-order chi connectivity index (χ1) is 8.88. The largest absolute Gasteiger partial charge is 0.427 e. The minimum Gasteiger partial charge on any atom is -0.347 e. The van der Waals surface area contributed by atoms with E-state index in [-0.39, 0.29) is 5.41 Å². The molecule has 1 spiro atoms. The highest BCUT2D eigenvalue weighted by Gasteiger charge is 2.43. The van der Waals surface area contributed by atoms with Gasteiger partial charge in [0.05, 0.1) is 6.20 Å². The Morgan fingerprint density at radius 2 is 2.00 bits per heavy atom. The standard InChI is InChI=1S/C12H16F3N3S/c1-17-4-2-11(7-17)3-5-18(8-11)10-16-6-9(19-10)12(13,14)15/h6H,2-5,7-8H2,1H3. The summed E-state index contributed by atoms with van der Waals surface area (Å²) in [5, 5.41) is 0.513. The second-order valence-corrected chi connectivity index (χ2v) is 6.67. The highest BCUT2D eigenvalue weighted by atomic mass is 32.1. The van der Waals surface area contributed by atoms with E-state index >= 15 is 0 Å². The normalized spacial score (nSPS) is 28.7. The Balaban J connectivity index is 1.73. The number of nitrogens with zero attached hydrogens (tertiary/aromatic N) is 3. The number of thiazole rings is 1. The monoisotopic (exact) mass is 291 g/mol. The lowest BCUT2D eigenvalue weighted by molar-refractivity contribution is -0.134. The maximum atomic E-state index is 12.6. The van der Waals surface area contributed by atoms with Gasteiger partial charge in [0.2, 0.25) is 0 Å². The van der Waals surface area contributed by atoms with E-state index in [0.29, 0.717) is 5.13 Å². The fourth-order valence-electron chi connectivity index (χ4n) is 3.13. The van der Waals surface area contributed by atoms with Gasteiger partial charge in [0.1, 0.15) is 4.88 Å². The predicted octanol–water partition coefficient (Wildman–Crippen LogP) is 2.69. The first-order valence-electron chi connectivity index (χ1n) is 6.35. The van der Waals surface area contributed by atoms with Gasteiger partial charge in [-0.25, -0.2) is 4.98 Å². The summed E-state index contributed by atoms with van der Waals surface area (Å²) in [5.74, 6) is 0. The fraction of sp³-hybridized carbons (Fsp3) is 0.750. The highest BCUT2D eigenvalue weighted by molar-refractivity contribution is 7.15. The van der Waals surface area contributed by atoms with Crippen LogP contribution in [0.15, 0.2) is 6.20 Å². The summed E-state index contributed by atoms with van der Waals surface area (Å²) in [6.07, 6.45) is -1.14. The van der Waals surface area contributed by atoms with E-state index in [2.05, 4.69) is 16.9 Å². The molecule has 3 nitrogen and oxygen atoms in total. The molecule has 7 heteroatoms. The number of alkyl halides is 3. The number of anilines is 1. The van der Waals surface area contributed by atoms with Crippen LogP contribution in [0, 0.1) is 5.41 Å². The predicted molar refractivity (Wildman–Crippen MR) is 68.5 cm³/mol. The lowest BCUT2D eigenvalue weighted by Crippen LogP contribution is -2.29. The summed E-state index contributed by atoms with van der Waals surface area (Å²) in [7, 11) is 2.10. The third-order valence-electron chi connectivity index (χ3n) is 4.11. The summed E-state index contributed by atoms with van der Waals surface area (Å²) in [6.45, 7) is 3.78. The number of hydrogen-bond acceptors (Lipinski definition) is 4. The third kappa shape index (κ3) is 2.45. The molecule has 1 unspecified atom stereocenters. The minimum atomic E-state index is -4.28. The van der Waals surface area contributed by atoms with Crippen molar-refractivity contribution >= 4 is 16.5 Å². The Morgan fingerprint density at radius 1 is 1.26 bits per heavy atom. The molecule has 19 heavy (non-hydrogen) atoms. The Bertz CT molecular complexity index is 473. The van der Waals surface area contributed by atoms with Crippen LogP contribution in [0.5, 0.6) is 0 Å². The molecular weight excluding hydrogens is 275 g/mol. The van der Waals surface area contributed by atoms with Crippen molar-refractivity contribution in [2.24, 2.45) is 5.41 Å². The molecule has 1 aromatic heterocycles. The first-order valence-corrected chi connectivity index (χ1v) is 7.16. The number of rotatable bonds is 1. The first kappa shape index (κ1) is 13.2. The molecule has 0 saturated carbocycles. The molecule has 3 rings (SSSR count). The van der Waals surface area contributed by atoms with Crippen LogP contribution in [-0.2, 0) is 6.18 Å². The molecule has 2 saturated heterocycles. The van der Waals surface area contributed by atoms with Crippen LogP contribution in [0.3, 0.4) is 0 Å². The van der Waals surface area contributed by atoms with Crippen molar-refractivity contribution in [1.29, 1.82) is 0 Å². The lowest BCUT2D eigenvalue weighted by atomic mass is 9.86. The van der Waals surface area contributed by atoms with E-state index in [1.807, 2.05) is 4.90 Å². The molecule has 3 heterocycles. The van der Waals surface area contributed by atoms with Crippen LogP contribution >= 0.6 is 11.3 Å². The molecule has 0 amide bonds. The molecular formula is C12H16F3N3S. The van der Waals surface area contributed by atoms with Crippen molar-refractivity contribution in [3.63, 3.8) is 0 Å². The molecule has 106 valence electrons.